The van der Waals surface area contributed by atoms with Crippen LogP contribution in [0.4, 0.5) is 11.5 Å². The Morgan fingerprint density at radius 1 is 1.16 bits per heavy atom. The van der Waals surface area contributed by atoms with Crippen molar-refractivity contribution in [2.45, 2.75) is 72.8 Å². The van der Waals surface area contributed by atoms with Gasteiger partial charge in [-0.1, -0.05) is 38.5 Å². The maximum Gasteiger partial charge on any atom is 0.307 e. The van der Waals surface area contributed by atoms with Gasteiger partial charge in [-0.2, -0.15) is 0 Å². The normalized spacial score (nSPS) is 11.8. The number of nitrogens with two attached hydrogens (primary N) is 2. The minimum Gasteiger partial charge on any atom is -0.460 e. The van der Waals surface area contributed by atoms with Gasteiger partial charge in [0.25, 0.3) is 0 Å². The molecule has 0 unspecified atom stereocenters. The molecule has 0 amide bonds. The Bertz CT molecular complexity index is 894. The van der Waals surface area contributed by atoms with Crippen molar-refractivity contribution in [2.75, 3.05) is 25.5 Å². The molecule has 0 atom stereocenters. The van der Waals surface area contributed by atoms with Gasteiger partial charge in [0.15, 0.2) is 0 Å². The zero-order chi connectivity index (χ0) is 24.1. The predicted octanol–water partition coefficient (Wildman–Crippen LogP) is 5.10. The third-order valence-electron chi connectivity index (χ3n) is 5.02. The van der Waals surface area contributed by atoms with Crippen LogP contribution in [0.1, 0.15) is 65.9 Å². The summed E-state index contributed by atoms with van der Waals surface area (Å²) in [4.78, 5) is 20.1. The monoisotopic (exact) mass is 444 g/mol. The largest absolute Gasteiger partial charge is 0.460 e. The fourth-order valence-corrected chi connectivity index (χ4v) is 2.91. The van der Waals surface area contributed by atoms with E-state index in [0.717, 1.165) is 47.1 Å². The molecule has 0 saturated carbocycles. The number of aliphatic imine (C=N–C) groups is 1. The number of carbonyl (C=O) groups is 1. The molecule has 2 aromatic rings. The van der Waals surface area contributed by atoms with Crippen LogP contribution >= 0.6 is 0 Å². The summed E-state index contributed by atoms with van der Waals surface area (Å²) in [5.41, 5.74) is 14.7. The Morgan fingerprint density at radius 2 is 1.84 bits per heavy atom. The smallest absolute Gasteiger partial charge is 0.307 e. The number of carbonyl (C=O) groups excluding carboxylic acids is 1. The average molecular weight is 445 g/mol. The molecule has 1 aromatic carbocycles. The molecular formula is C25H40N4O3. The highest BCUT2D eigenvalue weighted by Gasteiger charge is 2.19. The quantitative estimate of drug-likeness (QED) is 0.389. The first-order chi connectivity index (χ1) is 15.2. The van der Waals surface area contributed by atoms with Crippen LogP contribution in [-0.4, -0.2) is 42.0 Å². The molecule has 4 N–H and O–H groups in total. The topological polar surface area (TPSA) is 113 Å². The van der Waals surface area contributed by atoms with Gasteiger partial charge in [0.1, 0.15) is 17.1 Å². The Morgan fingerprint density at radius 3 is 2.44 bits per heavy atom. The first-order valence-corrected chi connectivity index (χ1v) is 11.4. The summed E-state index contributed by atoms with van der Waals surface area (Å²) in [7, 11) is 0. The lowest BCUT2D eigenvalue weighted by atomic mass is 10.1. The van der Waals surface area contributed by atoms with Gasteiger partial charge in [0, 0.05) is 24.2 Å². The van der Waals surface area contributed by atoms with E-state index in [0.29, 0.717) is 32.0 Å². The molecule has 32 heavy (non-hydrogen) atoms. The van der Waals surface area contributed by atoms with Gasteiger partial charge in [0.2, 0.25) is 0 Å². The molecule has 0 spiro atoms. The van der Waals surface area contributed by atoms with Crippen LogP contribution in [-0.2, 0) is 14.3 Å². The number of hydrogen-bond acceptors (Lipinski definition) is 7. The molecule has 1 aromatic heterocycles. The maximum atomic E-state index is 10.9. The summed E-state index contributed by atoms with van der Waals surface area (Å²) in [6.45, 7) is 13.5. The number of aryl methyl sites for hydroxylation is 1. The second kappa shape index (κ2) is 13.8. The minimum atomic E-state index is -0.341. The number of nitrogens with zero attached hydrogens (tertiary/aromatic N) is 2. The summed E-state index contributed by atoms with van der Waals surface area (Å²) in [6, 6.07) is 8.00. The van der Waals surface area contributed by atoms with Gasteiger partial charge < -0.3 is 20.9 Å². The zero-order valence-electron chi connectivity index (χ0n) is 20.5. The Kier molecular flexibility index (Phi) is 11.9. The van der Waals surface area contributed by atoms with Crippen molar-refractivity contribution in [3.8, 4) is 0 Å². The molecule has 7 nitrogen and oxygen atoms in total. The summed E-state index contributed by atoms with van der Waals surface area (Å²) in [5.74, 6) is 0.274. The number of hydrogen-bond donors (Lipinski definition) is 2. The summed E-state index contributed by atoms with van der Waals surface area (Å²) >= 11 is 0. The van der Waals surface area contributed by atoms with Crippen LogP contribution in [0.5, 0.6) is 0 Å². The number of pyridine rings is 1. The van der Waals surface area contributed by atoms with E-state index in [9.17, 15) is 4.79 Å². The number of esters is 1. The van der Waals surface area contributed by atoms with Crippen LogP contribution in [0, 0.1) is 6.92 Å². The van der Waals surface area contributed by atoms with E-state index in [4.69, 9.17) is 25.9 Å². The van der Waals surface area contributed by atoms with Crippen molar-refractivity contribution in [3.05, 3.63) is 29.8 Å². The van der Waals surface area contributed by atoms with E-state index >= 15 is 0 Å². The van der Waals surface area contributed by atoms with E-state index in [1.165, 1.54) is 0 Å². The van der Waals surface area contributed by atoms with Crippen molar-refractivity contribution in [3.63, 3.8) is 0 Å². The standard InChI is InChI=1S/C17H23N3O.C8H17NO2/c1-4-8-13(11-21-5-2)19-16-12(3)14-9-6-7-10-15(14)20-17(16)18;1-4-8(2,3)11-7(10)5-6-9/h6-7,9-10H,4-5,8,11H2,1-3H3,(H2,18,20);4-6,9H2,1-3H3. The molecule has 1 heterocycles. The molecule has 0 bridgehead atoms. The molecule has 0 aliphatic heterocycles. The van der Waals surface area contributed by atoms with Crippen LogP contribution in [0.2, 0.25) is 0 Å². The van der Waals surface area contributed by atoms with Gasteiger partial charge in [-0.3, -0.25) is 9.79 Å². The predicted molar refractivity (Wildman–Crippen MR) is 134 cm³/mol. The molecule has 2 rings (SSSR count). The van der Waals surface area contributed by atoms with E-state index in [1.807, 2.05) is 52.8 Å². The molecule has 0 fully saturated rings. The SMILES string of the molecule is CCC(C)(C)OC(=O)CCN.CCCC(COCC)=Nc1c(N)nc2ccccc2c1C. The molecule has 0 aliphatic carbocycles. The Hall–Kier alpha value is -2.51. The fourth-order valence-electron chi connectivity index (χ4n) is 2.91. The van der Waals surface area contributed by atoms with Gasteiger partial charge >= 0.3 is 5.97 Å². The van der Waals surface area contributed by atoms with Gasteiger partial charge in [0.05, 0.1) is 18.5 Å². The molecular weight excluding hydrogens is 404 g/mol. The second-order valence-electron chi connectivity index (χ2n) is 8.18. The molecule has 7 heteroatoms. The number of rotatable bonds is 10. The van der Waals surface area contributed by atoms with Crippen molar-refractivity contribution in [1.82, 2.24) is 4.98 Å². The van der Waals surface area contributed by atoms with Gasteiger partial charge in [-0.05, 0) is 52.2 Å². The summed E-state index contributed by atoms with van der Waals surface area (Å²) in [6.07, 6.45) is 3.07. The molecule has 0 radical (unpaired) electrons. The number of fused-ring (bicyclic) bond motifs is 1. The number of para-hydroxylation sites is 1. The fraction of sp³-hybridized carbons (Fsp3) is 0.560. The number of aromatic nitrogens is 1. The van der Waals surface area contributed by atoms with Crippen LogP contribution in [0.25, 0.3) is 10.9 Å². The van der Waals surface area contributed by atoms with E-state index in [-0.39, 0.29) is 11.6 Å². The molecule has 0 saturated heterocycles. The molecule has 178 valence electrons. The third-order valence-corrected chi connectivity index (χ3v) is 5.02. The lowest BCUT2D eigenvalue weighted by Gasteiger charge is -2.22. The third kappa shape index (κ3) is 8.93. The number of ether oxygens (including phenoxy) is 2. The highest BCUT2D eigenvalue weighted by Crippen LogP contribution is 2.31. The van der Waals surface area contributed by atoms with Crippen molar-refractivity contribution in [1.29, 1.82) is 0 Å². The first-order valence-electron chi connectivity index (χ1n) is 11.4. The summed E-state index contributed by atoms with van der Waals surface area (Å²) in [5, 5.41) is 1.10. The number of anilines is 1. The highest BCUT2D eigenvalue weighted by molar-refractivity contribution is 5.94. The van der Waals surface area contributed by atoms with Crippen LogP contribution < -0.4 is 11.5 Å². The second-order valence-corrected chi connectivity index (χ2v) is 8.18. The van der Waals surface area contributed by atoms with Gasteiger partial charge in [-0.25, -0.2) is 4.98 Å². The van der Waals surface area contributed by atoms with Crippen molar-refractivity contribution >= 4 is 34.1 Å². The lowest BCUT2D eigenvalue weighted by Crippen LogP contribution is -2.27. The minimum absolute atomic E-state index is 0.209. The van der Waals surface area contributed by atoms with E-state index in [1.54, 1.807) is 0 Å². The van der Waals surface area contributed by atoms with Crippen molar-refractivity contribution < 1.29 is 14.3 Å². The highest BCUT2D eigenvalue weighted by atomic mass is 16.6. The maximum absolute atomic E-state index is 10.9. The van der Waals surface area contributed by atoms with E-state index < -0.39 is 0 Å². The van der Waals surface area contributed by atoms with Crippen LogP contribution in [0.3, 0.4) is 0 Å². The molecule has 0 aliphatic rings. The Labute approximate surface area is 192 Å². The summed E-state index contributed by atoms with van der Waals surface area (Å²) < 4.78 is 10.6. The Balaban J connectivity index is 0.000000396. The number of benzene rings is 1. The zero-order valence-corrected chi connectivity index (χ0v) is 20.5. The van der Waals surface area contributed by atoms with Crippen LogP contribution in [0.15, 0.2) is 29.3 Å². The average Bonchev–Trinajstić information content (AvgIpc) is 2.75. The lowest BCUT2D eigenvalue weighted by molar-refractivity contribution is -0.156. The first kappa shape index (κ1) is 27.5. The van der Waals surface area contributed by atoms with Crippen molar-refractivity contribution in [2.24, 2.45) is 10.7 Å². The number of nitrogen functional groups attached to an aromatic ring is 1. The van der Waals surface area contributed by atoms with Gasteiger partial charge in [-0.15, -0.1) is 0 Å². The van der Waals surface area contributed by atoms with E-state index in [2.05, 4.69) is 18.0 Å².